The Labute approximate surface area is 78.9 Å². The number of hydrogen-bond acceptors (Lipinski definition) is 3. The largest absolute Gasteiger partial charge is 0.391 e. The van der Waals surface area contributed by atoms with E-state index in [9.17, 15) is 9.90 Å². The topological polar surface area (TPSA) is 52.6 Å². The van der Waals surface area contributed by atoms with E-state index in [0.717, 1.165) is 19.5 Å². The summed E-state index contributed by atoms with van der Waals surface area (Å²) in [6.07, 6.45) is 0.969. The molecular weight excluding hydrogens is 168 g/mol. The number of carbonyl (C=O) groups is 1. The van der Waals surface area contributed by atoms with Gasteiger partial charge in [-0.05, 0) is 13.0 Å². The first-order chi connectivity index (χ1) is 6.24. The van der Waals surface area contributed by atoms with Gasteiger partial charge in [0, 0.05) is 26.1 Å². The fourth-order valence-electron chi connectivity index (χ4n) is 1.50. The number of aliphatic hydroxyl groups is 1. The number of hydrogen-bond donors (Lipinski definition) is 2. The first kappa shape index (κ1) is 10.5. The predicted molar refractivity (Wildman–Crippen MR) is 50.4 cm³/mol. The minimum Gasteiger partial charge on any atom is -0.391 e. The van der Waals surface area contributed by atoms with E-state index in [2.05, 4.69) is 5.32 Å². The SMILES string of the molecule is CCNCCC(=O)N1CCC(O)C1. The molecule has 1 saturated heterocycles. The van der Waals surface area contributed by atoms with Crippen molar-refractivity contribution >= 4 is 5.91 Å². The standard InChI is InChI=1S/C9H18N2O2/c1-2-10-5-3-9(13)11-6-4-8(12)7-11/h8,10,12H,2-7H2,1H3. The maximum atomic E-state index is 11.4. The lowest BCUT2D eigenvalue weighted by Gasteiger charge is -2.15. The first-order valence-electron chi connectivity index (χ1n) is 4.90. The van der Waals surface area contributed by atoms with Gasteiger partial charge in [-0.2, -0.15) is 0 Å². The molecule has 76 valence electrons. The molecule has 1 aliphatic rings. The summed E-state index contributed by atoms with van der Waals surface area (Å²) >= 11 is 0. The van der Waals surface area contributed by atoms with E-state index in [4.69, 9.17) is 0 Å². The van der Waals surface area contributed by atoms with E-state index in [1.165, 1.54) is 0 Å². The summed E-state index contributed by atoms with van der Waals surface area (Å²) in [5, 5.41) is 12.3. The maximum Gasteiger partial charge on any atom is 0.223 e. The Kier molecular flexibility index (Phi) is 4.18. The first-order valence-corrected chi connectivity index (χ1v) is 4.90. The zero-order valence-corrected chi connectivity index (χ0v) is 8.12. The Morgan fingerprint density at radius 2 is 2.46 bits per heavy atom. The molecule has 0 radical (unpaired) electrons. The van der Waals surface area contributed by atoms with Gasteiger partial charge in [-0.3, -0.25) is 4.79 Å². The highest BCUT2D eigenvalue weighted by molar-refractivity contribution is 5.76. The van der Waals surface area contributed by atoms with Crippen molar-refractivity contribution in [3.05, 3.63) is 0 Å². The molecule has 0 aromatic carbocycles. The lowest BCUT2D eigenvalue weighted by molar-refractivity contribution is -0.130. The summed E-state index contributed by atoms with van der Waals surface area (Å²) in [7, 11) is 0. The Balaban J connectivity index is 2.16. The zero-order valence-electron chi connectivity index (χ0n) is 8.12. The number of β-amino-alcohol motifs (C(OH)–C–C–N with tert-alkyl or cyclic N) is 1. The van der Waals surface area contributed by atoms with E-state index in [1.807, 2.05) is 6.92 Å². The van der Waals surface area contributed by atoms with Gasteiger partial charge in [-0.15, -0.1) is 0 Å². The molecule has 4 heteroatoms. The van der Waals surface area contributed by atoms with Crippen LogP contribution in [0.1, 0.15) is 19.8 Å². The van der Waals surface area contributed by atoms with Gasteiger partial charge in [-0.1, -0.05) is 6.92 Å². The van der Waals surface area contributed by atoms with E-state index < -0.39 is 0 Å². The highest BCUT2D eigenvalue weighted by atomic mass is 16.3. The van der Waals surface area contributed by atoms with Crippen molar-refractivity contribution in [2.75, 3.05) is 26.2 Å². The Bertz CT molecular complexity index is 173. The van der Waals surface area contributed by atoms with Gasteiger partial charge in [0.15, 0.2) is 0 Å². The number of amides is 1. The van der Waals surface area contributed by atoms with E-state index >= 15 is 0 Å². The summed E-state index contributed by atoms with van der Waals surface area (Å²) in [6.45, 7) is 4.89. The fourth-order valence-corrected chi connectivity index (χ4v) is 1.50. The van der Waals surface area contributed by atoms with E-state index in [0.29, 0.717) is 19.5 Å². The molecule has 1 heterocycles. The van der Waals surface area contributed by atoms with Crippen molar-refractivity contribution in [1.29, 1.82) is 0 Å². The van der Waals surface area contributed by atoms with Gasteiger partial charge in [0.2, 0.25) is 5.91 Å². The molecule has 0 bridgehead atoms. The third-order valence-corrected chi connectivity index (χ3v) is 2.28. The van der Waals surface area contributed by atoms with Crippen LogP contribution >= 0.6 is 0 Å². The molecule has 1 unspecified atom stereocenters. The molecule has 1 aliphatic heterocycles. The minimum absolute atomic E-state index is 0.150. The monoisotopic (exact) mass is 186 g/mol. The lowest BCUT2D eigenvalue weighted by atomic mass is 10.3. The molecule has 4 nitrogen and oxygen atoms in total. The van der Waals surface area contributed by atoms with Crippen LogP contribution in [0.15, 0.2) is 0 Å². The Morgan fingerprint density at radius 3 is 3.00 bits per heavy atom. The third kappa shape index (κ3) is 3.32. The summed E-state index contributed by atoms with van der Waals surface area (Å²) in [5.74, 6) is 0.150. The molecule has 0 aromatic rings. The number of aliphatic hydroxyl groups excluding tert-OH is 1. The molecule has 1 atom stereocenters. The van der Waals surface area contributed by atoms with Crippen LogP contribution in [-0.4, -0.2) is 48.2 Å². The second-order valence-corrected chi connectivity index (χ2v) is 3.39. The average molecular weight is 186 g/mol. The average Bonchev–Trinajstić information content (AvgIpc) is 2.52. The molecule has 0 saturated carbocycles. The van der Waals surface area contributed by atoms with E-state index in [-0.39, 0.29) is 12.0 Å². The van der Waals surface area contributed by atoms with Gasteiger partial charge in [0.05, 0.1) is 6.10 Å². The number of rotatable bonds is 4. The van der Waals surface area contributed by atoms with Gasteiger partial charge in [0.1, 0.15) is 0 Å². The van der Waals surface area contributed by atoms with Gasteiger partial charge >= 0.3 is 0 Å². The number of likely N-dealkylation sites (tertiary alicyclic amines) is 1. The van der Waals surface area contributed by atoms with Gasteiger partial charge in [-0.25, -0.2) is 0 Å². The zero-order chi connectivity index (χ0) is 9.68. The number of nitrogens with zero attached hydrogens (tertiary/aromatic N) is 1. The second-order valence-electron chi connectivity index (χ2n) is 3.39. The summed E-state index contributed by atoms with van der Waals surface area (Å²) < 4.78 is 0. The number of carbonyl (C=O) groups excluding carboxylic acids is 1. The molecule has 2 N–H and O–H groups in total. The van der Waals surface area contributed by atoms with Gasteiger partial charge in [0.25, 0.3) is 0 Å². The van der Waals surface area contributed by atoms with Crippen LogP contribution in [0.25, 0.3) is 0 Å². The maximum absolute atomic E-state index is 11.4. The van der Waals surface area contributed by atoms with Crippen molar-refractivity contribution in [2.45, 2.75) is 25.9 Å². The molecular formula is C9H18N2O2. The summed E-state index contributed by atoms with van der Waals surface area (Å²) in [6, 6.07) is 0. The predicted octanol–water partition coefficient (Wildman–Crippen LogP) is -0.421. The van der Waals surface area contributed by atoms with Crippen LogP contribution in [0.3, 0.4) is 0 Å². The van der Waals surface area contributed by atoms with Crippen molar-refractivity contribution in [3.63, 3.8) is 0 Å². The number of nitrogens with one attached hydrogen (secondary N) is 1. The van der Waals surface area contributed by atoms with Crippen LogP contribution in [-0.2, 0) is 4.79 Å². The lowest BCUT2D eigenvalue weighted by Crippen LogP contribution is -2.32. The van der Waals surface area contributed by atoms with E-state index in [1.54, 1.807) is 4.90 Å². The minimum atomic E-state index is -0.303. The van der Waals surface area contributed by atoms with Crippen molar-refractivity contribution in [2.24, 2.45) is 0 Å². The smallest absolute Gasteiger partial charge is 0.223 e. The highest BCUT2D eigenvalue weighted by Gasteiger charge is 2.23. The Hall–Kier alpha value is -0.610. The molecule has 0 aliphatic carbocycles. The second kappa shape index (κ2) is 5.19. The normalized spacial score (nSPS) is 22.3. The highest BCUT2D eigenvalue weighted by Crippen LogP contribution is 2.09. The summed E-state index contributed by atoms with van der Waals surface area (Å²) in [4.78, 5) is 13.2. The van der Waals surface area contributed by atoms with Crippen molar-refractivity contribution < 1.29 is 9.90 Å². The third-order valence-electron chi connectivity index (χ3n) is 2.28. The molecule has 13 heavy (non-hydrogen) atoms. The van der Waals surface area contributed by atoms with Crippen LogP contribution in [0.4, 0.5) is 0 Å². The summed E-state index contributed by atoms with van der Waals surface area (Å²) in [5.41, 5.74) is 0. The Morgan fingerprint density at radius 1 is 1.69 bits per heavy atom. The van der Waals surface area contributed by atoms with Crippen molar-refractivity contribution in [3.8, 4) is 0 Å². The molecule has 0 spiro atoms. The van der Waals surface area contributed by atoms with Gasteiger partial charge < -0.3 is 15.3 Å². The fraction of sp³-hybridized carbons (Fsp3) is 0.889. The van der Waals surface area contributed by atoms with Crippen molar-refractivity contribution in [1.82, 2.24) is 10.2 Å². The van der Waals surface area contributed by atoms with Crippen LogP contribution in [0.2, 0.25) is 0 Å². The molecule has 0 aromatic heterocycles. The molecule has 1 fully saturated rings. The van der Waals surface area contributed by atoms with Crippen LogP contribution in [0, 0.1) is 0 Å². The molecule has 1 rings (SSSR count). The van der Waals surface area contributed by atoms with Crippen LogP contribution < -0.4 is 5.32 Å². The molecule has 1 amide bonds. The quantitative estimate of drug-likeness (QED) is 0.586. The van der Waals surface area contributed by atoms with Crippen LogP contribution in [0.5, 0.6) is 0 Å².